The quantitative estimate of drug-likeness (QED) is 0.715. The fraction of sp³-hybridized carbons (Fsp3) is 0.429. The zero-order valence-corrected chi connectivity index (χ0v) is 15.3. The summed E-state index contributed by atoms with van der Waals surface area (Å²) in [5.41, 5.74) is 4.87. The number of carbonyl (C=O) groups is 2. The van der Waals surface area contributed by atoms with Crippen LogP contribution >= 0.6 is 15.9 Å². The molecule has 1 aliphatic rings. The number of carbonyl (C=O) groups excluding carboxylic acids is 2. The molecular weight excluding hydrogens is 400 g/mol. The fourth-order valence-electron chi connectivity index (χ4n) is 2.43. The van der Waals surface area contributed by atoms with E-state index in [0.29, 0.717) is 37.2 Å². The van der Waals surface area contributed by atoms with Crippen LogP contribution in [0.25, 0.3) is 0 Å². The maximum Gasteiger partial charge on any atom is 0.318 e. The van der Waals surface area contributed by atoms with Gasteiger partial charge in [-0.25, -0.2) is 13.2 Å². The predicted molar refractivity (Wildman–Crippen MR) is 91.7 cm³/mol. The van der Waals surface area contributed by atoms with Gasteiger partial charge in [-0.15, -0.1) is 0 Å². The molecule has 0 radical (unpaired) electrons. The van der Waals surface area contributed by atoms with Crippen LogP contribution in [0.3, 0.4) is 0 Å². The summed E-state index contributed by atoms with van der Waals surface area (Å²) < 4.78 is 27.4. The van der Waals surface area contributed by atoms with E-state index in [1.165, 1.54) is 4.31 Å². The summed E-state index contributed by atoms with van der Waals surface area (Å²) in [5.74, 6) is -0.438. The smallest absolute Gasteiger partial charge is 0.318 e. The number of hydrogen-bond acceptors (Lipinski definition) is 5. The molecule has 0 aromatic heterocycles. The molecule has 1 heterocycles. The van der Waals surface area contributed by atoms with Crippen LogP contribution in [0.5, 0.6) is 0 Å². The van der Waals surface area contributed by atoms with Crippen LogP contribution in [0.2, 0.25) is 0 Å². The van der Waals surface area contributed by atoms with Crippen molar-refractivity contribution in [3.63, 3.8) is 0 Å². The van der Waals surface area contributed by atoms with E-state index in [1.807, 2.05) is 10.2 Å². The van der Waals surface area contributed by atoms with E-state index in [9.17, 15) is 18.0 Å². The molecule has 8 nitrogen and oxygen atoms in total. The Morgan fingerprint density at radius 1 is 1.21 bits per heavy atom. The average Bonchev–Trinajstić information content (AvgIpc) is 2.53. The number of urea groups is 1. The molecule has 1 aromatic rings. The molecule has 0 unspecified atom stereocenters. The van der Waals surface area contributed by atoms with Crippen molar-refractivity contribution in [3.8, 4) is 0 Å². The molecule has 0 saturated carbocycles. The number of primary amides is 1. The molecule has 132 valence electrons. The number of benzene rings is 1. The molecule has 3 N–H and O–H groups in total. The highest BCUT2D eigenvalue weighted by molar-refractivity contribution is 9.10. The summed E-state index contributed by atoms with van der Waals surface area (Å²) in [6.07, 6.45) is 0.140. The van der Waals surface area contributed by atoms with Crippen LogP contribution in [-0.2, 0) is 14.8 Å². The van der Waals surface area contributed by atoms with Crippen molar-refractivity contribution < 1.29 is 18.0 Å². The largest absolute Gasteiger partial charge is 0.351 e. The molecule has 1 aliphatic heterocycles. The van der Waals surface area contributed by atoms with Gasteiger partial charge in [-0.3, -0.25) is 10.1 Å². The number of sulfonamides is 1. The van der Waals surface area contributed by atoms with Crippen molar-refractivity contribution >= 4 is 37.9 Å². The second-order valence-electron chi connectivity index (χ2n) is 5.37. The Morgan fingerprint density at radius 3 is 2.46 bits per heavy atom. The normalized spacial score (nSPS) is 16.7. The third-order valence-corrected chi connectivity index (χ3v) is 6.07. The van der Waals surface area contributed by atoms with Gasteiger partial charge < -0.3 is 10.6 Å². The first-order chi connectivity index (χ1) is 11.3. The molecule has 0 bridgehead atoms. The summed E-state index contributed by atoms with van der Waals surface area (Å²) in [4.78, 5) is 24.2. The van der Waals surface area contributed by atoms with E-state index in [2.05, 4.69) is 15.9 Å². The standard InChI is InChI=1S/C14H19BrN4O4S/c15-11-2-1-3-12(10-11)24(22,23)19-8-6-18(7-9-19)5-4-13(20)17-14(16)21/h1-3,10H,4-9H2,(H3,16,17,20,21). The van der Waals surface area contributed by atoms with Gasteiger partial charge in [0, 0.05) is 43.6 Å². The van der Waals surface area contributed by atoms with Gasteiger partial charge in [0.2, 0.25) is 15.9 Å². The second kappa shape index (κ2) is 8.06. The molecule has 1 aromatic carbocycles. The third kappa shape index (κ3) is 5.00. The Bertz CT molecular complexity index is 717. The predicted octanol–water partition coefficient (Wildman–Crippen LogP) is 0.340. The summed E-state index contributed by atoms with van der Waals surface area (Å²) >= 11 is 3.28. The summed E-state index contributed by atoms with van der Waals surface area (Å²) in [5, 5.41) is 2.00. The topological polar surface area (TPSA) is 113 Å². The molecule has 10 heteroatoms. The molecule has 3 amide bonds. The number of halogens is 1. The van der Waals surface area contributed by atoms with Crippen LogP contribution in [-0.4, -0.2) is 62.3 Å². The lowest BCUT2D eigenvalue weighted by molar-refractivity contribution is -0.120. The highest BCUT2D eigenvalue weighted by Gasteiger charge is 2.28. The maximum atomic E-state index is 12.6. The van der Waals surface area contributed by atoms with Crippen LogP contribution < -0.4 is 11.1 Å². The molecule has 0 aliphatic carbocycles. The number of nitrogens with zero attached hydrogens (tertiary/aromatic N) is 2. The fourth-order valence-corrected chi connectivity index (χ4v) is 4.45. The number of amides is 3. The lowest BCUT2D eigenvalue weighted by atomic mass is 10.3. The Kier molecular flexibility index (Phi) is 6.33. The minimum Gasteiger partial charge on any atom is -0.351 e. The summed E-state index contributed by atoms with van der Waals surface area (Å²) in [6.45, 7) is 2.20. The molecule has 1 fully saturated rings. The Hall–Kier alpha value is -1.49. The van der Waals surface area contributed by atoms with Gasteiger partial charge in [-0.2, -0.15) is 4.31 Å². The Labute approximate surface area is 149 Å². The molecule has 0 spiro atoms. The minimum absolute atomic E-state index is 0.140. The summed E-state index contributed by atoms with van der Waals surface area (Å²) in [7, 11) is -3.52. The van der Waals surface area contributed by atoms with Crippen LogP contribution in [0.1, 0.15) is 6.42 Å². The van der Waals surface area contributed by atoms with E-state index in [-0.39, 0.29) is 11.3 Å². The van der Waals surface area contributed by atoms with E-state index >= 15 is 0 Å². The van der Waals surface area contributed by atoms with Gasteiger partial charge in [-0.1, -0.05) is 22.0 Å². The van der Waals surface area contributed by atoms with Crippen LogP contribution in [0.15, 0.2) is 33.6 Å². The van der Waals surface area contributed by atoms with Crippen LogP contribution in [0.4, 0.5) is 4.79 Å². The number of hydrogen-bond donors (Lipinski definition) is 2. The number of imide groups is 1. The molecular formula is C14H19BrN4O4S. The van der Waals surface area contributed by atoms with Crippen molar-refractivity contribution in [1.29, 1.82) is 0 Å². The first kappa shape index (κ1) is 18.8. The van der Waals surface area contributed by atoms with E-state index < -0.39 is 22.0 Å². The van der Waals surface area contributed by atoms with E-state index in [0.717, 1.165) is 0 Å². The lowest BCUT2D eigenvalue weighted by Gasteiger charge is -2.33. The minimum atomic E-state index is -3.52. The Morgan fingerprint density at radius 2 is 1.88 bits per heavy atom. The van der Waals surface area contributed by atoms with Gasteiger partial charge in [0.15, 0.2) is 0 Å². The Balaban J connectivity index is 1.88. The number of nitrogens with two attached hydrogens (primary N) is 1. The summed E-state index contributed by atoms with van der Waals surface area (Å²) in [6, 6.07) is 5.74. The van der Waals surface area contributed by atoms with Gasteiger partial charge >= 0.3 is 6.03 Å². The number of nitrogens with one attached hydrogen (secondary N) is 1. The van der Waals surface area contributed by atoms with E-state index in [1.54, 1.807) is 24.3 Å². The van der Waals surface area contributed by atoms with Gasteiger partial charge in [0.1, 0.15) is 0 Å². The monoisotopic (exact) mass is 418 g/mol. The molecule has 2 rings (SSSR count). The van der Waals surface area contributed by atoms with Crippen molar-refractivity contribution in [3.05, 3.63) is 28.7 Å². The number of piperazine rings is 1. The van der Waals surface area contributed by atoms with Gasteiger partial charge in [-0.05, 0) is 18.2 Å². The average molecular weight is 419 g/mol. The zero-order chi connectivity index (χ0) is 17.7. The third-order valence-electron chi connectivity index (χ3n) is 3.68. The molecule has 1 saturated heterocycles. The second-order valence-corrected chi connectivity index (χ2v) is 8.22. The van der Waals surface area contributed by atoms with E-state index in [4.69, 9.17) is 5.73 Å². The zero-order valence-electron chi connectivity index (χ0n) is 12.9. The molecule has 24 heavy (non-hydrogen) atoms. The van der Waals surface area contributed by atoms with Crippen molar-refractivity contribution in [2.75, 3.05) is 32.7 Å². The van der Waals surface area contributed by atoms with Gasteiger partial charge in [0.25, 0.3) is 0 Å². The highest BCUT2D eigenvalue weighted by Crippen LogP contribution is 2.21. The maximum absolute atomic E-state index is 12.6. The van der Waals surface area contributed by atoms with Crippen LogP contribution in [0, 0.1) is 0 Å². The lowest BCUT2D eigenvalue weighted by Crippen LogP contribution is -2.49. The number of rotatable bonds is 5. The van der Waals surface area contributed by atoms with Crippen molar-refractivity contribution in [2.45, 2.75) is 11.3 Å². The van der Waals surface area contributed by atoms with Crippen molar-refractivity contribution in [2.24, 2.45) is 5.73 Å². The SMILES string of the molecule is NC(=O)NC(=O)CCN1CCN(S(=O)(=O)c2cccc(Br)c2)CC1. The van der Waals surface area contributed by atoms with Crippen molar-refractivity contribution in [1.82, 2.24) is 14.5 Å². The van der Waals surface area contributed by atoms with Gasteiger partial charge in [0.05, 0.1) is 4.90 Å². The molecule has 0 atom stereocenters. The highest BCUT2D eigenvalue weighted by atomic mass is 79.9. The first-order valence-corrected chi connectivity index (χ1v) is 9.60. The first-order valence-electron chi connectivity index (χ1n) is 7.36.